The van der Waals surface area contributed by atoms with Crippen molar-refractivity contribution in [2.45, 2.75) is 32.0 Å². The van der Waals surface area contributed by atoms with E-state index in [0.29, 0.717) is 51.6 Å². The highest BCUT2D eigenvalue weighted by Crippen LogP contribution is 2.35. The molecule has 0 radical (unpaired) electrons. The van der Waals surface area contributed by atoms with Crippen molar-refractivity contribution in [2.24, 2.45) is 5.73 Å². The number of fused-ring (bicyclic) bond motifs is 2. The topological polar surface area (TPSA) is 104 Å². The SMILES string of the molecule is C=CC(=O)N1CCN(c2cc(C(=O)N[C@H]3COC[C@@H]3N)nc3c2CCN(c2cccc4cccc(C)c24)C3)CC1. The first kappa shape index (κ1) is 26.3. The maximum Gasteiger partial charge on any atom is 0.270 e. The third kappa shape index (κ3) is 4.91. The number of nitrogens with two attached hydrogens (primary N) is 1. The second kappa shape index (κ2) is 10.9. The third-order valence-electron chi connectivity index (χ3n) is 8.37. The first-order chi connectivity index (χ1) is 19.4. The minimum absolute atomic E-state index is 0.0485. The Morgan fingerprint density at radius 2 is 1.82 bits per heavy atom. The highest BCUT2D eigenvalue weighted by atomic mass is 16.5. The van der Waals surface area contributed by atoms with Crippen LogP contribution in [-0.2, 0) is 22.5 Å². The van der Waals surface area contributed by atoms with E-state index >= 15 is 0 Å². The number of amides is 2. The molecular weight excluding hydrogens is 504 g/mol. The number of aryl methyl sites for hydroxylation is 1. The van der Waals surface area contributed by atoms with Gasteiger partial charge >= 0.3 is 0 Å². The van der Waals surface area contributed by atoms with E-state index in [1.54, 1.807) is 0 Å². The fourth-order valence-corrected chi connectivity index (χ4v) is 6.15. The van der Waals surface area contributed by atoms with Gasteiger partial charge in [-0.15, -0.1) is 0 Å². The summed E-state index contributed by atoms with van der Waals surface area (Å²) in [6, 6.07) is 14.3. The second-order valence-corrected chi connectivity index (χ2v) is 10.9. The van der Waals surface area contributed by atoms with Crippen LogP contribution in [0.3, 0.4) is 0 Å². The van der Waals surface area contributed by atoms with Crippen LogP contribution in [0.4, 0.5) is 11.4 Å². The van der Waals surface area contributed by atoms with Crippen molar-refractivity contribution in [3.8, 4) is 0 Å². The highest BCUT2D eigenvalue weighted by Gasteiger charge is 2.31. The summed E-state index contributed by atoms with van der Waals surface area (Å²) in [4.78, 5) is 37.0. The van der Waals surface area contributed by atoms with Crippen molar-refractivity contribution in [3.63, 3.8) is 0 Å². The quantitative estimate of drug-likeness (QED) is 0.479. The van der Waals surface area contributed by atoms with E-state index in [-0.39, 0.29) is 23.9 Å². The van der Waals surface area contributed by atoms with E-state index in [1.807, 2.05) is 11.0 Å². The lowest BCUT2D eigenvalue weighted by Crippen LogP contribution is -2.49. The monoisotopic (exact) mass is 540 g/mol. The third-order valence-corrected chi connectivity index (χ3v) is 8.37. The van der Waals surface area contributed by atoms with Gasteiger partial charge < -0.3 is 30.5 Å². The van der Waals surface area contributed by atoms with Gasteiger partial charge in [0.1, 0.15) is 5.69 Å². The molecule has 4 heterocycles. The summed E-state index contributed by atoms with van der Waals surface area (Å²) in [5.74, 6) is -0.291. The summed E-state index contributed by atoms with van der Waals surface area (Å²) in [5, 5.41) is 5.50. The lowest BCUT2D eigenvalue weighted by Gasteiger charge is -2.39. The zero-order valence-corrected chi connectivity index (χ0v) is 22.9. The number of aromatic nitrogens is 1. The summed E-state index contributed by atoms with van der Waals surface area (Å²) in [6.45, 7) is 10.7. The number of benzene rings is 2. The van der Waals surface area contributed by atoms with Crippen LogP contribution >= 0.6 is 0 Å². The molecule has 2 amide bonds. The molecule has 3 aliphatic rings. The van der Waals surface area contributed by atoms with Gasteiger partial charge in [-0.2, -0.15) is 0 Å². The fourth-order valence-electron chi connectivity index (χ4n) is 6.15. The maximum absolute atomic E-state index is 13.4. The van der Waals surface area contributed by atoms with Gasteiger partial charge in [0.05, 0.1) is 37.5 Å². The summed E-state index contributed by atoms with van der Waals surface area (Å²) < 4.78 is 5.45. The number of rotatable bonds is 5. The van der Waals surface area contributed by atoms with Crippen LogP contribution in [-0.4, -0.2) is 79.7 Å². The number of hydrogen-bond donors (Lipinski definition) is 2. The van der Waals surface area contributed by atoms with E-state index in [2.05, 4.69) is 65.0 Å². The smallest absolute Gasteiger partial charge is 0.270 e. The minimum atomic E-state index is -0.242. The van der Waals surface area contributed by atoms with Gasteiger partial charge in [0.15, 0.2) is 0 Å². The van der Waals surface area contributed by atoms with Gasteiger partial charge in [0.25, 0.3) is 5.91 Å². The molecule has 3 aliphatic heterocycles. The summed E-state index contributed by atoms with van der Waals surface area (Å²) >= 11 is 0. The van der Waals surface area contributed by atoms with E-state index in [1.165, 1.54) is 33.7 Å². The van der Waals surface area contributed by atoms with Crippen LogP contribution in [0.15, 0.2) is 55.1 Å². The molecule has 3 aromatic rings. The zero-order chi connectivity index (χ0) is 27.8. The molecule has 208 valence electrons. The minimum Gasteiger partial charge on any atom is -0.378 e. The molecule has 9 nitrogen and oxygen atoms in total. The van der Waals surface area contributed by atoms with Crippen LogP contribution in [0, 0.1) is 6.92 Å². The van der Waals surface area contributed by atoms with Crippen molar-refractivity contribution in [1.29, 1.82) is 0 Å². The van der Waals surface area contributed by atoms with E-state index < -0.39 is 0 Å². The molecule has 9 heteroatoms. The molecule has 0 spiro atoms. The number of carbonyl (C=O) groups is 2. The highest BCUT2D eigenvalue weighted by molar-refractivity contribution is 5.97. The number of pyridine rings is 1. The number of anilines is 2. The number of nitrogens with one attached hydrogen (secondary N) is 1. The van der Waals surface area contributed by atoms with Crippen LogP contribution in [0.25, 0.3) is 10.8 Å². The van der Waals surface area contributed by atoms with Crippen LogP contribution in [0.1, 0.15) is 27.3 Å². The Bertz CT molecular complexity index is 1460. The van der Waals surface area contributed by atoms with E-state index in [0.717, 1.165) is 24.3 Å². The summed E-state index contributed by atoms with van der Waals surface area (Å²) in [5.41, 5.74) is 12.1. The molecule has 0 unspecified atom stereocenters. The molecule has 2 saturated heterocycles. The van der Waals surface area contributed by atoms with Crippen LogP contribution in [0.5, 0.6) is 0 Å². The maximum atomic E-state index is 13.4. The standard InChI is InChI=1S/C31H36N6O3/c1-3-29(38)36-14-12-35(13-15-36)28-16-24(31(39)34-26-19-40-18-23(26)32)33-25-17-37(11-10-22(25)28)27-9-5-8-21-7-4-6-20(2)30(21)27/h3-9,16,23,26H,1,10-15,17-19,32H2,2H3,(H,34,39)/t23-,26-/m0/s1. The lowest BCUT2D eigenvalue weighted by molar-refractivity contribution is -0.126. The summed E-state index contributed by atoms with van der Waals surface area (Å²) in [6.07, 6.45) is 2.18. The van der Waals surface area contributed by atoms with Crippen LogP contribution < -0.4 is 20.9 Å². The predicted molar refractivity (Wildman–Crippen MR) is 157 cm³/mol. The Morgan fingerprint density at radius 3 is 2.55 bits per heavy atom. The number of hydrogen-bond acceptors (Lipinski definition) is 7. The Hall–Kier alpha value is -3.95. The van der Waals surface area contributed by atoms with Gasteiger partial charge in [-0.1, -0.05) is 36.9 Å². The molecule has 0 bridgehead atoms. The number of nitrogens with zero attached hydrogens (tertiary/aromatic N) is 4. The van der Waals surface area contributed by atoms with Crippen LogP contribution in [0.2, 0.25) is 0 Å². The van der Waals surface area contributed by atoms with Gasteiger partial charge in [-0.25, -0.2) is 4.98 Å². The molecular formula is C31H36N6O3. The lowest BCUT2D eigenvalue weighted by atomic mass is 9.97. The van der Waals surface area contributed by atoms with Crippen molar-refractivity contribution in [2.75, 3.05) is 55.7 Å². The molecule has 0 aliphatic carbocycles. The molecule has 6 rings (SSSR count). The fraction of sp³-hybridized carbons (Fsp3) is 0.387. The average Bonchev–Trinajstić information content (AvgIpc) is 3.39. The van der Waals surface area contributed by atoms with Gasteiger partial charge in [0, 0.05) is 55.0 Å². The molecule has 2 fully saturated rings. The first-order valence-corrected chi connectivity index (χ1v) is 14.0. The molecule has 0 saturated carbocycles. The Morgan fingerprint density at radius 1 is 1.05 bits per heavy atom. The largest absolute Gasteiger partial charge is 0.378 e. The number of ether oxygens (including phenoxy) is 1. The van der Waals surface area contributed by atoms with Crippen molar-refractivity contribution in [1.82, 2.24) is 15.2 Å². The average molecular weight is 541 g/mol. The molecule has 40 heavy (non-hydrogen) atoms. The second-order valence-electron chi connectivity index (χ2n) is 10.9. The van der Waals surface area contributed by atoms with E-state index in [9.17, 15) is 9.59 Å². The van der Waals surface area contributed by atoms with Crippen molar-refractivity contribution in [3.05, 3.63) is 77.6 Å². The Kier molecular flexibility index (Phi) is 7.16. The van der Waals surface area contributed by atoms with Gasteiger partial charge in [-0.05, 0) is 42.5 Å². The number of piperazine rings is 1. The molecule has 2 atom stereocenters. The normalized spacial score (nSPS) is 20.9. The number of carbonyl (C=O) groups excluding carboxylic acids is 2. The Labute approximate surface area is 234 Å². The Balaban J connectivity index is 1.34. The predicted octanol–water partition coefficient (Wildman–Crippen LogP) is 2.40. The zero-order valence-electron chi connectivity index (χ0n) is 22.9. The molecule has 3 N–H and O–H groups in total. The molecule has 2 aromatic carbocycles. The van der Waals surface area contributed by atoms with Gasteiger partial charge in [-0.3, -0.25) is 9.59 Å². The molecule has 1 aromatic heterocycles. The van der Waals surface area contributed by atoms with Gasteiger partial charge in [0.2, 0.25) is 5.91 Å². The summed E-state index contributed by atoms with van der Waals surface area (Å²) in [7, 11) is 0. The van der Waals surface area contributed by atoms with Crippen molar-refractivity contribution >= 4 is 34.0 Å². The first-order valence-electron chi connectivity index (χ1n) is 14.0. The van der Waals surface area contributed by atoms with E-state index in [4.69, 9.17) is 15.5 Å². The van der Waals surface area contributed by atoms with Crippen molar-refractivity contribution < 1.29 is 14.3 Å².